The molecule has 0 amide bonds. The van der Waals surface area contributed by atoms with Crippen LogP contribution < -0.4 is 0 Å². The molecular formula is C72H48. The van der Waals surface area contributed by atoms with E-state index in [1.807, 2.05) is 0 Å². The summed E-state index contributed by atoms with van der Waals surface area (Å²) in [5.74, 6) is 29.5. The lowest BCUT2D eigenvalue weighted by molar-refractivity contribution is 0.802. The van der Waals surface area contributed by atoms with Gasteiger partial charge in [-0.05, 0) is 208 Å². The molecule has 0 heteroatoms. The third kappa shape index (κ3) is 7.50. The van der Waals surface area contributed by atoms with Crippen LogP contribution in [-0.2, 0) is 12.8 Å². The zero-order valence-corrected chi connectivity index (χ0v) is 40.6. The van der Waals surface area contributed by atoms with Crippen molar-refractivity contribution in [3.63, 3.8) is 0 Å². The van der Waals surface area contributed by atoms with Crippen molar-refractivity contribution in [1.29, 1.82) is 0 Å². The normalized spacial score (nSPS) is 11.8. The first-order chi connectivity index (χ1) is 35.6. The van der Waals surface area contributed by atoms with E-state index in [2.05, 4.69) is 243 Å². The summed E-state index contributed by atoms with van der Waals surface area (Å²) in [6.07, 6.45) is 6.40. The maximum absolute atomic E-state index is 3.70. The van der Waals surface area contributed by atoms with E-state index in [9.17, 15) is 0 Å². The molecule has 0 atom stereocenters. The minimum Gasteiger partial charge on any atom is -0.0654 e. The predicted molar refractivity (Wildman–Crippen MR) is 307 cm³/mol. The van der Waals surface area contributed by atoms with Crippen LogP contribution in [0.3, 0.4) is 0 Å². The van der Waals surface area contributed by atoms with Crippen LogP contribution >= 0.6 is 0 Å². The Morgan fingerprint density at radius 3 is 0.708 bits per heavy atom. The van der Waals surface area contributed by atoms with Crippen molar-refractivity contribution < 1.29 is 0 Å². The number of rotatable bonds is 6. The summed E-state index contributed by atoms with van der Waals surface area (Å²) >= 11 is 0. The Kier molecular flexibility index (Phi) is 10.8. The van der Waals surface area contributed by atoms with Gasteiger partial charge in [-0.15, -0.1) is 0 Å². The van der Waals surface area contributed by atoms with Gasteiger partial charge in [0.25, 0.3) is 0 Å². The molecule has 336 valence electrons. The molecule has 72 heavy (non-hydrogen) atoms. The van der Waals surface area contributed by atoms with Gasteiger partial charge < -0.3 is 0 Å². The van der Waals surface area contributed by atoms with Crippen molar-refractivity contribution in [2.24, 2.45) is 0 Å². The van der Waals surface area contributed by atoms with Crippen molar-refractivity contribution in [3.05, 3.63) is 238 Å². The Morgan fingerprint density at radius 2 is 0.458 bits per heavy atom. The van der Waals surface area contributed by atoms with Gasteiger partial charge in [0.15, 0.2) is 0 Å². The van der Waals surface area contributed by atoms with Gasteiger partial charge in [-0.3, -0.25) is 0 Å². The fourth-order valence-electron chi connectivity index (χ4n) is 11.3. The van der Waals surface area contributed by atoms with Crippen LogP contribution in [0.25, 0.3) is 86.2 Å². The average Bonchev–Trinajstić information content (AvgIpc) is 3.41. The molecule has 0 aromatic heterocycles. The predicted octanol–water partition coefficient (Wildman–Crippen LogP) is 17.5. The number of benzene rings is 12. The SMILES string of the molecule is CCCCc1c2cccc3c2cc2c(cccc12)C#Cc1cccc2cc4cccc(c4cc12)C#Cc1cccc2c(CCCC)c4cccc(c4cc12)C#Cc1cccc2cc4cccc(c4cc12)C#C3. The van der Waals surface area contributed by atoms with Gasteiger partial charge in [0, 0.05) is 44.5 Å². The Balaban J connectivity index is 1.10. The largest absolute Gasteiger partial charge is 0.0654 e. The summed E-state index contributed by atoms with van der Waals surface area (Å²) < 4.78 is 0. The van der Waals surface area contributed by atoms with Crippen molar-refractivity contribution in [3.8, 4) is 47.4 Å². The zero-order valence-electron chi connectivity index (χ0n) is 40.6. The first kappa shape index (κ1) is 43.0. The molecule has 0 aliphatic heterocycles. The van der Waals surface area contributed by atoms with Crippen LogP contribution in [0.5, 0.6) is 0 Å². The fraction of sp³-hybridized carbons (Fsp3) is 0.111. The van der Waals surface area contributed by atoms with E-state index < -0.39 is 0 Å². The lowest BCUT2D eigenvalue weighted by Gasteiger charge is -2.14. The number of aryl methyl sites for hydroxylation is 2. The van der Waals surface area contributed by atoms with E-state index in [0.29, 0.717) is 0 Å². The lowest BCUT2D eigenvalue weighted by atomic mass is 9.89. The minimum atomic E-state index is 0.984. The number of hydrogen-bond acceptors (Lipinski definition) is 0. The highest BCUT2D eigenvalue weighted by Gasteiger charge is 2.15. The highest BCUT2D eigenvalue weighted by atomic mass is 14.2. The molecule has 8 bridgehead atoms. The van der Waals surface area contributed by atoms with E-state index in [0.717, 1.165) is 148 Å². The maximum Gasteiger partial charge on any atom is 0.0327 e. The van der Waals surface area contributed by atoms with Crippen LogP contribution in [0.15, 0.2) is 182 Å². The molecule has 0 spiro atoms. The number of unbranched alkanes of at least 4 members (excludes halogenated alkanes) is 2. The molecule has 0 nitrogen and oxygen atoms in total. The third-order valence-electron chi connectivity index (χ3n) is 14.9. The summed E-state index contributed by atoms with van der Waals surface area (Å²) in [5, 5.41) is 18.8. The van der Waals surface area contributed by atoms with Crippen LogP contribution in [0.1, 0.15) is 95.2 Å². The molecule has 12 aromatic carbocycles. The Morgan fingerprint density at radius 1 is 0.236 bits per heavy atom. The summed E-state index contributed by atoms with van der Waals surface area (Å²) in [5.41, 5.74) is 10.8. The molecule has 0 radical (unpaired) electrons. The van der Waals surface area contributed by atoms with Crippen LogP contribution in [-0.4, -0.2) is 0 Å². The molecule has 13 rings (SSSR count). The van der Waals surface area contributed by atoms with Crippen molar-refractivity contribution >= 4 is 86.2 Å². The monoisotopic (exact) mass is 912 g/mol. The second-order valence-electron chi connectivity index (χ2n) is 19.3. The molecule has 1 aliphatic carbocycles. The van der Waals surface area contributed by atoms with E-state index in [1.54, 1.807) is 0 Å². The van der Waals surface area contributed by atoms with E-state index in [1.165, 1.54) is 32.7 Å². The van der Waals surface area contributed by atoms with Gasteiger partial charge in [0.2, 0.25) is 0 Å². The van der Waals surface area contributed by atoms with E-state index >= 15 is 0 Å². The van der Waals surface area contributed by atoms with Crippen LogP contribution in [0, 0.1) is 47.4 Å². The molecule has 0 unspecified atom stereocenters. The van der Waals surface area contributed by atoms with Gasteiger partial charge in [-0.2, -0.15) is 0 Å². The van der Waals surface area contributed by atoms with Gasteiger partial charge in [0.1, 0.15) is 0 Å². The molecule has 0 saturated heterocycles. The average molecular weight is 913 g/mol. The summed E-state index contributed by atoms with van der Waals surface area (Å²) in [7, 11) is 0. The Bertz CT molecular complexity index is 3990. The van der Waals surface area contributed by atoms with Gasteiger partial charge in [-0.1, -0.05) is 171 Å². The number of hydrogen-bond donors (Lipinski definition) is 0. The molecule has 0 saturated carbocycles. The van der Waals surface area contributed by atoms with Crippen molar-refractivity contribution in [2.45, 2.75) is 52.4 Å². The quantitative estimate of drug-likeness (QED) is 0.115. The summed E-state index contributed by atoms with van der Waals surface area (Å²) in [6.45, 7) is 4.54. The van der Waals surface area contributed by atoms with Crippen LogP contribution in [0.4, 0.5) is 0 Å². The van der Waals surface area contributed by atoms with E-state index in [4.69, 9.17) is 0 Å². The van der Waals surface area contributed by atoms with Crippen LogP contribution in [0.2, 0.25) is 0 Å². The lowest BCUT2D eigenvalue weighted by Crippen LogP contribution is -1.94. The second-order valence-corrected chi connectivity index (χ2v) is 19.3. The smallest absolute Gasteiger partial charge is 0.0327 e. The molecule has 0 fully saturated rings. The Hall–Kier alpha value is -9.04. The van der Waals surface area contributed by atoms with E-state index in [-0.39, 0.29) is 0 Å². The molecule has 1 aliphatic rings. The second kappa shape index (κ2) is 18.0. The standard InChI is InChI=1S/C72H48/c1-3-5-27-59-61-29-11-19-51-37-33-47-15-7-23-55-41-57-25-9-17-49(67(57)43-65(47)55)35-39-53-21-13-31-63-60(28-6-4-2)64-32-14-22-54(72(64)46-71(53)63)40-36-50-18-10-26-58-42-56-24-8-16-48(66(56)44-68(50)58)34-38-52-20-12-30-62(59)70(52)45-69(51)61/h7-26,29-32,41-46H,3-6,27-28H2,1-2H3. The van der Waals surface area contributed by atoms with Gasteiger partial charge >= 0.3 is 0 Å². The van der Waals surface area contributed by atoms with Crippen molar-refractivity contribution in [1.82, 2.24) is 0 Å². The fourth-order valence-corrected chi connectivity index (χ4v) is 11.3. The molecule has 12 aromatic rings. The Labute approximate surface area is 421 Å². The maximum atomic E-state index is 3.70. The minimum absolute atomic E-state index is 0.984. The first-order valence-corrected chi connectivity index (χ1v) is 25.5. The topological polar surface area (TPSA) is 0 Å². The highest BCUT2D eigenvalue weighted by molar-refractivity contribution is 6.09. The highest BCUT2D eigenvalue weighted by Crippen LogP contribution is 2.37. The van der Waals surface area contributed by atoms with Gasteiger partial charge in [0.05, 0.1) is 0 Å². The first-order valence-electron chi connectivity index (χ1n) is 25.5. The third-order valence-corrected chi connectivity index (χ3v) is 14.9. The molecule has 0 heterocycles. The molecule has 0 N–H and O–H groups in total. The summed E-state index contributed by atoms with van der Waals surface area (Å²) in [4.78, 5) is 0. The van der Waals surface area contributed by atoms with Crippen molar-refractivity contribution in [2.75, 3.05) is 0 Å². The summed E-state index contributed by atoms with van der Waals surface area (Å²) in [6, 6.07) is 66.3. The van der Waals surface area contributed by atoms with Gasteiger partial charge in [-0.25, -0.2) is 0 Å². The molecular weight excluding hydrogens is 865 g/mol. The zero-order chi connectivity index (χ0) is 48.1.